The maximum Gasteiger partial charge on any atom is 0.287 e. The third kappa shape index (κ3) is 2.31. The van der Waals surface area contributed by atoms with Gasteiger partial charge in [-0.25, -0.2) is 4.98 Å². The van der Waals surface area contributed by atoms with Gasteiger partial charge in [0.2, 0.25) is 0 Å². The van der Waals surface area contributed by atoms with E-state index in [1.165, 1.54) is 18.6 Å². The SMILES string of the molecule is O=[N+]([O-])c1ccc(N2CCN(C3[B]C3)CC2)nc1. The van der Waals surface area contributed by atoms with Gasteiger partial charge in [0.15, 0.2) is 0 Å². The first kappa shape index (κ1) is 11.5. The molecular weight excluding hydrogens is 231 g/mol. The van der Waals surface area contributed by atoms with E-state index >= 15 is 0 Å². The van der Waals surface area contributed by atoms with E-state index in [-0.39, 0.29) is 5.69 Å². The zero-order valence-electron chi connectivity index (χ0n) is 10.0. The summed E-state index contributed by atoms with van der Waals surface area (Å²) in [6.45, 7) is 3.96. The monoisotopic (exact) mass is 245 g/mol. The fourth-order valence-electron chi connectivity index (χ4n) is 2.31. The third-order valence-corrected chi connectivity index (χ3v) is 3.50. The zero-order chi connectivity index (χ0) is 12.5. The van der Waals surface area contributed by atoms with Crippen molar-refractivity contribution in [3.8, 4) is 0 Å². The van der Waals surface area contributed by atoms with E-state index in [2.05, 4.69) is 22.1 Å². The third-order valence-electron chi connectivity index (χ3n) is 3.50. The number of aromatic nitrogens is 1. The molecule has 0 spiro atoms. The van der Waals surface area contributed by atoms with Crippen molar-refractivity contribution >= 4 is 18.8 Å². The summed E-state index contributed by atoms with van der Waals surface area (Å²) in [5, 5.41) is 10.6. The number of hydrogen-bond acceptors (Lipinski definition) is 5. The lowest BCUT2D eigenvalue weighted by Crippen LogP contribution is -2.47. The van der Waals surface area contributed by atoms with E-state index in [0.717, 1.165) is 32.0 Å². The summed E-state index contributed by atoms with van der Waals surface area (Å²) in [5.41, 5.74) is 0.0463. The molecule has 18 heavy (non-hydrogen) atoms. The lowest BCUT2D eigenvalue weighted by molar-refractivity contribution is -0.385. The Hall–Kier alpha value is -1.63. The minimum absolute atomic E-state index is 0.0463. The molecule has 1 aromatic rings. The van der Waals surface area contributed by atoms with Crippen molar-refractivity contribution in [1.82, 2.24) is 9.88 Å². The molecule has 2 fully saturated rings. The minimum atomic E-state index is -0.419. The van der Waals surface area contributed by atoms with Gasteiger partial charge in [0, 0.05) is 32.2 Å². The quantitative estimate of drug-likeness (QED) is 0.442. The van der Waals surface area contributed by atoms with E-state index in [9.17, 15) is 10.1 Å². The molecule has 0 aromatic carbocycles. The summed E-state index contributed by atoms with van der Waals surface area (Å²) in [4.78, 5) is 19.0. The number of hydrogen-bond donors (Lipinski definition) is 0. The first-order chi connectivity index (χ1) is 8.74. The molecule has 6 nitrogen and oxygen atoms in total. The lowest BCUT2D eigenvalue weighted by atomic mass is 10.1. The Kier molecular flexibility index (Phi) is 2.91. The van der Waals surface area contributed by atoms with E-state index in [1.54, 1.807) is 6.07 Å². The van der Waals surface area contributed by atoms with Crippen molar-refractivity contribution < 1.29 is 4.92 Å². The van der Waals surface area contributed by atoms with Gasteiger partial charge >= 0.3 is 0 Å². The molecule has 1 aromatic heterocycles. The van der Waals surface area contributed by atoms with Crippen LogP contribution in [0.1, 0.15) is 0 Å². The molecule has 7 heteroatoms. The first-order valence-corrected chi connectivity index (χ1v) is 6.17. The number of anilines is 1. The van der Waals surface area contributed by atoms with Crippen LogP contribution >= 0.6 is 0 Å². The van der Waals surface area contributed by atoms with Crippen LogP contribution in [0.4, 0.5) is 11.5 Å². The van der Waals surface area contributed by atoms with Crippen molar-refractivity contribution in [2.75, 3.05) is 31.1 Å². The average Bonchev–Trinajstić information content (AvgIpc) is 3.23. The maximum absolute atomic E-state index is 10.6. The summed E-state index contributed by atoms with van der Waals surface area (Å²) in [5.74, 6) is 1.52. The molecule has 0 amide bonds. The lowest BCUT2D eigenvalue weighted by Gasteiger charge is -2.35. The molecule has 2 aliphatic rings. The normalized spacial score (nSPS) is 23.6. The predicted octanol–water partition coefficient (Wildman–Crippen LogP) is 0.574. The van der Waals surface area contributed by atoms with Gasteiger partial charge in [-0.15, -0.1) is 0 Å². The number of pyridine rings is 1. The molecule has 2 aliphatic heterocycles. The van der Waals surface area contributed by atoms with Crippen LogP contribution in [0.2, 0.25) is 6.32 Å². The molecule has 1 radical (unpaired) electrons. The Balaban J connectivity index is 1.62. The topological polar surface area (TPSA) is 62.5 Å². The van der Waals surface area contributed by atoms with E-state index in [0.29, 0.717) is 5.94 Å². The molecule has 1 unspecified atom stereocenters. The van der Waals surface area contributed by atoms with Gasteiger partial charge < -0.3 is 9.80 Å². The summed E-state index contributed by atoms with van der Waals surface area (Å²) >= 11 is 0. The van der Waals surface area contributed by atoms with Crippen LogP contribution in [-0.2, 0) is 0 Å². The zero-order valence-corrected chi connectivity index (χ0v) is 10.0. The van der Waals surface area contributed by atoms with E-state index < -0.39 is 4.92 Å². The van der Waals surface area contributed by atoms with Crippen LogP contribution < -0.4 is 4.90 Å². The minimum Gasteiger partial charge on any atom is -0.354 e. The van der Waals surface area contributed by atoms with Gasteiger partial charge in [-0.2, -0.15) is 0 Å². The average molecular weight is 245 g/mol. The molecule has 0 N–H and O–H groups in total. The molecular formula is C11H14BN4O2. The van der Waals surface area contributed by atoms with Crippen molar-refractivity contribution in [3.63, 3.8) is 0 Å². The summed E-state index contributed by atoms with van der Waals surface area (Å²) < 4.78 is 0. The maximum atomic E-state index is 10.6. The number of rotatable bonds is 3. The number of piperazine rings is 1. The largest absolute Gasteiger partial charge is 0.354 e. The highest BCUT2D eigenvalue weighted by Crippen LogP contribution is 2.22. The second-order valence-electron chi connectivity index (χ2n) is 4.69. The van der Waals surface area contributed by atoms with Crippen molar-refractivity contribution in [2.24, 2.45) is 0 Å². The molecule has 3 heterocycles. The van der Waals surface area contributed by atoms with Crippen LogP contribution in [0.5, 0.6) is 0 Å². The Labute approximate surface area is 106 Å². The summed E-state index contributed by atoms with van der Waals surface area (Å²) in [7, 11) is 2.32. The van der Waals surface area contributed by atoms with E-state index in [1.807, 2.05) is 0 Å². The summed E-state index contributed by atoms with van der Waals surface area (Å²) in [6.07, 6.45) is 2.55. The highest BCUT2D eigenvalue weighted by molar-refractivity contribution is 6.50. The second-order valence-corrected chi connectivity index (χ2v) is 4.69. The van der Waals surface area contributed by atoms with Crippen LogP contribution in [-0.4, -0.2) is 54.2 Å². The van der Waals surface area contributed by atoms with Crippen molar-refractivity contribution in [1.29, 1.82) is 0 Å². The van der Waals surface area contributed by atoms with Gasteiger partial charge in [-0.3, -0.25) is 10.1 Å². The highest BCUT2D eigenvalue weighted by Gasteiger charge is 2.32. The van der Waals surface area contributed by atoms with Gasteiger partial charge in [0.1, 0.15) is 19.3 Å². The molecule has 0 saturated carbocycles. The Morgan fingerprint density at radius 3 is 2.56 bits per heavy atom. The summed E-state index contributed by atoms with van der Waals surface area (Å²) in [6, 6.07) is 3.25. The number of nitrogens with zero attached hydrogens (tertiary/aromatic N) is 4. The number of nitro groups is 1. The van der Waals surface area contributed by atoms with E-state index in [4.69, 9.17) is 0 Å². The Morgan fingerprint density at radius 1 is 1.33 bits per heavy atom. The van der Waals surface area contributed by atoms with Crippen LogP contribution in [0.15, 0.2) is 18.3 Å². The fraction of sp³-hybridized carbons (Fsp3) is 0.545. The fourth-order valence-corrected chi connectivity index (χ4v) is 2.31. The first-order valence-electron chi connectivity index (χ1n) is 6.17. The Bertz CT molecular complexity index is 441. The van der Waals surface area contributed by atoms with Gasteiger partial charge in [-0.05, 0) is 12.0 Å². The molecule has 93 valence electrons. The smallest absolute Gasteiger partial charge is 0.287 e. The second kappa shape index (κ2) is 4.57. The molecule has 0 bridgehead atoms. The molecule has 1 atom stereocenters. The Morgan fingerprint density at radius 2 is 2.06 bits per heavy atom. The van der Waals surface area contributed by atoms with Gasteiger partial charge in [0.05, 0.1) is 4.92 Å². The van der Waals surface area contributed by atoms with Crippen LogP contribution in [0, 0.1) is 10.1 Å². The molecule has 0 aliphatic carbocycles. The van der Waals surface area contributed by atoms with Gasteiger partial charge in [0.25, 0.3) is 5.69 Å². The predicted molar refractivity (Wildman–Crippen MR) is 69.0 cm³/mol. The standard InChI is InChI=1S/C11H14BN4O2/c17-16(18)9-1-2-11(13-8-9)15-5-3-14(4-6-15)10-7-12-10/h1-2,8,10H,3-7H2. The van der Waals surface area contributed by atoms with Crippen molar-refractivity contribution in [3.05, 3.63) is 28.4 Å². The molecule has 2 saturated heterocycles. The van der Waals surface area contributed by atoms with Crippen LogP contribution in [0.3, 0.4) is 0 Å². The highest BCUT2D eigenvalue weighted by atomic mass is 16.6. The molecule has 3 rings (SSSR count). The van der Waals surface area contributed by atoms with Crippen molar-refractivity contribution in [2.45, 2.75) is 12.3 Å². The van der Waals surface area contributed by atoms with Gasteiger partial charge in [-0.1, -0.05) is 6.32 Å². The van der Waals surface area contributed by atoms with Crippen LogP contribution in [0.25, 0.3) is 0 Å².